The summed E-state index contributed by atoms with van der Waals surface area (Å²) in [7, 11) is 1.65. The summed E-state index contributed by atoms with van der Waals surface area (Å²) in [6.45, 7) is 6.06. The molecule has 1 fully saturated rings. The lowest BCUT2D eigenvalue weighted by Crippen LogP contribution is -2.22. The number of hydrogen-bond donors (Lipinski definition) is 1. The molecule has 1 saturated heterocycles. The van der Waals surface area contributed by atoms with Gasteiger partial charge in [-0.1, -0.05) is 11.3 Å². The number of likely N-dealkylation sites (tertiary alicyclic amines) is 1. The minimum Gasteiger partial charge on any atom is -0.493 e. The van der Waals surface area contributed by atoms with Gasteiger partial charge in [0.1, 0.15) is 0 Å². The Kier molecular flexibility index (Phi) is 5.01. The van der Waals surface area contributed by atoms with Crippen LogP contribution in [0, 0.1) is 0 Å². The van der Waals surface area contributed by atoms with Crippen molar-refractivity contribution in [1.29, 1.82) is 0 Å². The minimum absolute atomic E-state index is 0.0575. The van der Waals surface area contributed by atoms with Crippen molar-refractivity contribution in [2.45, 2.75) is 38.6 Å². The standard InChI is InChI=1S/C17H24N4O3/c1-12(2)24-16-5-4-13(8-17(16)23-3)9-20-10-14(15(22)11-20)21-7-6-18-19-21/h4-8,12,14-15,22H,9-11H2,1-3H3/t14-,15-/m1/s1. The molecule has 0 amide bonds. The number of aromatic nitrogens is 3. The molecule has 1 aliphatic rings. The maximum atomic E-state index is 10.3. The van der Waals surface area contributed by atoms with Crippen molar-refractivity contribution in [3.63, 3.8) is 0 Å². The molecule has 24 heavy (non-hydrogen) atoms. The van der Waals surface area contributed by atoms with Gasteiger partial charge in [0, 0.05) is 25.8 Å². The molecule has 1 aromatic carbocycles. The summed E-state index contributed by atoms with van der Waals surface area (Å²) in [4.78, 5) is 2.20. The average Bonchev–Trinajstić information content (AvgIpc) is 3.17. The SMILES string of the molecule is COc1cc(CN2C[C@@H](O)[C@H](n3ccnn3)C2)ccc1OC(C)C. The van der Waals surface area contributed by atoms with Crippen LogP contribution in [0.1, 0.15) is 25.5 Å². The van der Waals surface area contributed by atoms with E-state index in [1.807, 2.05) is 32.0 Å². The number of rotatable bonds is 6. The van der Waals surface area contributed by atoms with Crippen LogP contribution in [0.5, 0.6) is 11.5 Å². The summed E-state index contributed by atoms with van der Waals surface area (Å²) in [5, 5.41) is 18.1. The predicted octanol–water partition coefficient (Wildman–Crippen LogP) is 1.49. The van der Waals surface area contributed by atoms with Gasteiger partial charge in [0.15, 0.2) is 11.5 Å². The van der Waals surface area contributed by atoms with Gasteiger partial charge in [0.05, 0.1) is 31.6 Å². The fourth-order valence-corrected chi connectivity index (χ4v) is 3.05. The van der Waals surface area contributed by atoms with E-state index in [1.165, 1.54) is 0 Å². The van der Waals surface area contributed by atoms with E-state index < -0.39 is 6.10 Å². The van der Waals surface area contributed by atoms with Crippen LogP contribution in [0.4, 0.5) is 0 Å². The molecule has 0 spiro atoms. The van der Waals surface area contributed by atoms with Crippen molar-refractivity contribution in [3.05, 3.63) is 36.2 Å². The van der Waals surface area contributed by atoms with E-state index in [1.54, 1.807) is 24.2 Å². The van der Waals surface area contributed by atoms with Crippen LogP contribution >= 0.6 is 0 Å². The lowest BCUT2D eigenvalue weighted by atomic mass is 10.2. The van der Waals surface area contributed by atoms with Crippen molar-refractivity contribution < 1.29 is 14.6 Å². The van der Waals surface area contributed by atoms with Crippen LogP contribution < -0.4 is 9.47 Å². The first-order valence-corrected chi connectivity index (χ1v) is 8.16. The van der Waals surface area contributed by atoms with Gasteiger partial charge in [0.25, 0.3) is 0 Å². The maximum absolute atomic E-state index is 10.3. The highest BCUT2D eigenvalue weighted by Crippen LogP contribution is 2.30. The Labute approximate surface area is 141 Å². The van der Waals surface area contributed by atoms with Crippen molar-refractivity contribution in [3.8, 4) is 11.5 Å². The lowest BCUT2D eigenvalue weighted by Gasteiger charge is -2.18. The van der Waals surface area contributed by atoms with E-state index in [-0.39, 0.29) is 12.1 Å². The van der Waals surface area contributed by atoms with Gasteiger partial charge in [-0.05, 0) is 31.5 Å². The molecule has 0 unspecified atom stereocenters. The Morgan fingerprint density at radius 2 is 2.12 bits per heavy atom. The highest BCUT2D eigenvalue weighted by molar-refractivity contribution is 5.43. The van der Waals surface area contributed by atoms with E-state index in [0.29, 0.717) is 6.54 Å². The first-order chi connectivity index (χ1) is 11.6. The summed E-state index contributed by atoms with van der Waals surface area (Å²) in [6, 6.07) is 5.91. The molecule has 0 saturated carbocycles. The molecule has 0 radical (unpaired) electrons. The van der Waals surface area contributed by atoms with Crippen LogP contribution in [0.3, 0.4) is 0 Å². The fraction of sp³-hybridized carbons (Fsp3) is 0.529. The monoisotopic (exact) mass is 332 g/mol. The molecule has 2 aromatic rings. The van der Waals surface area contributed by atoms with Gasteiger partial charge in [-0.3, -0.25) is 4.90 Å². The van der Waals surface area contributed by atoms with Gasteiger partial charge >= 0.3 is 0 Å². The second kappa shape index (κ2) is 7.19. The molecule has 7 heteroatoms. The molecule has 2 atom stereocenters. The molecule has 0 bridgehead atoms. The topological polar surface area (TPSA) is 72.6 Å². The van der Waals surface area contributed by atoms with Gasteiger partial charge in [-0.2, -0.15) is 0 Å². The van der Waals surface area contributed by atoms with Crippen LogP contribution in [-0.4, -0.2) is 57.4 Å². The smallest absolute Gasteiger partial charge is 0.161 e. The summed E-state index contributed by atoms with van der Waals surface area (Å²) in [5.74, 6) is 1.48. The molecule has 3 rings (SSSR count). The summed E-state index contributed by atoms with van der Waals surface area (Å²) >= 11 is 0. The van der Waals surface area contributed by atoms with Gasteiger partial charge in [-0.25, -0.2) is 4.68 Å². The third-order valence-electron chi connectivity index (χ3n) is 4.11. The summed E-state index contributed by atoms with van der Waals surface area (Å²) in [6.07, 6.45) is 3.07. The number of methoxy groups -OCH3 is 1. The highest BCUT2D eigenvalue weighted by atomic mass is 16.5. The zero-order valence-corrected chi connectivity index (χ0v) is 14.3. The number of hydrogen-bond acceptors (Lipinski definition) is 6. The Morgan fingerprint density at radius 3 is 2.79 bits per heavy atom. The van der Waals surface area contributed by atoms with E-state index in [2.05, 4.69) is 15.2 Å². The number of β-amino-alcohol motifs (C(OH)–C–C–N with tert-alkyl or cyclic N) is 1. The molecule has 7 nitrogen and oxygen atoms in total. The molecular weight excluding hydrogens is 308 g/mol. The fourth-order valence-electron chi connectivity index (χ4n) is 3.05. The molecule has 1 aliphatic heterocycles. The van der Waals surface area contributed by atoms with Crippen molar-refractivity contribution in [2.75, 3.05) is 20.2 Å². The normalized spacial score (nSPS) is 21.4. The van der Waals surface area contributed by atoms with Crippen LogP contribution in [-0.2, 0) is 6.54 Å². The summed E-state index contributed by atoms with van der Waals surface area (Å²) < 4.78 is 12.9. The number of nitrogens with zero attached hydrogens (tertiary/aromatic N) is 4. The van der Waals surface area contributed by atoms with E-state index in [0.717, 1.165) is 30.2 Å². The van der Waals surface area contributed by atoms with Gasteiger partial charge in [0.2, 0.25) is 0 Å². The third kappa shape index (κ3) is 3.68. The Hall–Kier alpha value is -2.12. The molecule has 1 aromatic heterocycles. The van der Waals surface area contributed by atoms with Crippen LogP contribution in [0.25, 0.3) is 0 Å². The van der Waals surface area contributed by atoms with Crippen molar-refractivity contribution in [1.82, 2.24) is 19.9 Å². The molecule has 130 valence electrons. The highest BCUT2D eigenvalue weighted by Gasteiger charge is 2.33. The predicted molar refractivity (Wildman–Crippen MR) is 89.1 cm³/mol. The second-order valence-corrected chi connectivity index (χ2v) is 6.36. The average molecular weight is 332 g/mol. The second-order valence-electron chi connectivity index (χ2n) is 6.36. The number of ether oxygens (including phenoxy) is 2. The third-order valence-corrected chi connectivity index (χ3v) is 4.11. The van der Waals surface area contributed by atoms with Gasteiger partial charge < -0.3 is 14.6 Å². The first-order valence-electron chi connectivity index (χ1n) is 8.16. The molecule has 0 aliphatic carbocycles. The minimum atomic E-state index is -0.447. The van der Waals surface area contributed by atoms with Crippen LogP contribution in [0.15, 0.2) is 30.6 Å². The van der Waals surface area contributed by atoms with E-state index >= 15 is 0 Å². The zero-order valence-electron chi connectivity index (χ0n) is 14.3. The first kappa shape index (κ1) is 16.7. The number of aliphatic hydroxyl groups excluding tert-OH is 1. The van der Waals surface area contributed by atoms with Gasteiger partial charge in [-0.15, -0.1) is 5.10 Å². The number of aliphatic hydroxyl groups is 1. The Morgan fingerprint density at radius 1 is 1.29 bits per heavy atom. The largest absolute Gasteiger partial charge is 0.493 e. The van der Waals surface area contributed by atoms with Crippen LogP contribution in [0.2, 0.25) is 0 Å². The van der Waals surface area contributed by atoms with Crippen molar-refractivity contribution >= 4 is 0 Å². The maximum Gasteiger partial charge on any atom is 0.161 e. The molecular formula is C17H24N4O3. The van der Waals surface area contributed by atoms with E-state index in [4.69, 9.17) is 9.47 Å². The molecule has 2 heterocycles. The lowest BCUT2D eigenvalue weighted by molar-refractivity contribution is 0.138. The van der Waals surface area contributed by atoms with E-state index in [9.17, 15) is 5.11 Å². The Bertz CT molecular complexity index is 660. The number of benzene rings is 1. The zero-order chi connectivity index (χ0) is 17.1. The quantitative estimate of drug-likeness (QED) is 0.864. The summed E-state index contributed by atoms with van der Waals surface area (Å²) in [5.41, 5.74) is 1.12. The van der Waals surface area contributed by atoms with Crippen molar-refractivity contribution in [2.24, 2.45) is 0 Å². The molecule has 1 N–H and O–H groups in total. The Balaban J connectivity index is 1.68.